The van der Waals surface area contributed by atoms with Crippen LogP contribution in [-0.4, -0.2) is 5.16 Å². The number of rotatable bonds is 0. The first-order chi connectivity index (χ1) is 3.72. The van der Waals surface area contributed by atoms with E-state index in [2.05, 4.69) is 9.68 Å². The number of aryl methyl sites for hydroxylation is 1. The molecule has 0 saturated heterocycles. The second-order valence-electron chi connectivity index (χ2n) is 1.76. The molecule has 0 N–H and O–H groups in total. The molecule has 0 aliphatic heterocycles. The van der Waals surface area contributed by atoms with Gasteiger partial charge < -0.3 is 4.52 Å². The van der Waals surface area contributed by atoms with Gasteiger partial charge in [-0.2, -0.15) is 0 Å². The molecule has 42 valence electrons. The van der Waals surface area contributed by atoms with E-state index in [1.54, 1.807) is 0 Å². The zero-order valence-electron chi connectivity index (χ0n) is 4.93. The summed E-state index contributed by atoms with van der Waals surface area (Å²) < 4.78 is 4.62. The van der Waals surface area contributed by atoms with Gasteiger partial charge in [0, 0.05) is 12.5 Å². The molecule has 1 heterocycles. The molecule has 0 atom stereocenters. The summed E-state index contributed by atoms with van der Waals surface area (Å²) >= 11 is 0. The van der Waals surface area contributed by atoms with Gasteiger partial charge in [0.2, 0.25) is 0 Å². The van der Waals surface area contributed by atoms with Crippen molar-refractivity contribution in [1.29, 1.82) is 0 Å². The van der Waals surface area contributed by atoms with Crippen LogP contribution in [0.3, 0.4) is 0 Å². The standard InChI is InChI=1S/C6H7NO/c1-4-5(2)7-8-6(4)3/h3H,1-2H3. The Balaban J connectivity index is 3.19. The summed E-state index contributed by atoms with van der Waals surface area (Å²) in [7, 11) is 0. The van der Waals surface area contributed by atoms with Crippen LogP contribution in [0.2, 0.25) is 0 Å². The maximum Gasteiger partial charge on any atom is 0.144 e. The van der Waals surface area contributed by atoms with Gasteiger partial charge in [-0.15, -0.1) is 0 Å². The summed E-state index contributed by atoms with van der Waals surface area (Å²) in [4.78, 5) is 0. The van der Waals surface area contributed by atoms with E-state index in [4.69, 9.17) is 6.92 Å². The van der Waals surface area contributed by atoms with E-state index in [-0.39, 0.29) is 0 Å². The van der Waals surface area contributed by atoms with Crippen LogP contribution < -0.4 is 0 Å². The summed E-state index contributed by atoms with van der Waals surface area (Å²) in [6, 6.07) is 0. The Kier molecular flexibility index (Phi) is 1.08. The Bertz CT molecular complexity index is 171. The molecule has 8 heavy (non-hydrogen) atoms. The highest BCUT2D eigenvalue weighted by atomic mass is 16.5. The third kappa shape index (κ3) is 0.619. The van der Waals surface area contributed by atoms with E-state index in [1.807, 2.05) is 13.8 Å². The molecular weight excluding hydrogens is 102 g/mol. The lowest BCUT2D eigenvalue weighted by molar-refractivity contribution is 0.402. The van der Waals surface area contributed by atoms with Crippen LogP contribution in [0.5, 0.6) is 0 Å². The summed E-state index contributed by atoms with van der Waals surface area (Å²) in [6.07, 6.45) is 0. The van der Waals surface area contributed by atoms with Gasteiger partial charge in [-0.25, -0.2) is 0 Å². The zero-order chi connectivity index (χ0) is 6.15. The molecule has 0 spiro atoms. The third-order valence-corrected chi connectivity index (χ3v) is 1.19. The monoisotopic (exact) mass is 109 g/mol. The van der Waals surface area contributed by atoms with Crippen molar-refractivity contribution in [1.82, 2.24) is 5.16 Å². The van der Waals surface area contributed by atoms with Gasteiger partial charge in [0.05, 0.1) is 5.69 Å². The van der Waals surface area contributed by atoms with Crippen LogP contribution in [0.1, 0.15) is 17.0 Å². The number of hydrogen-bond acceptors (Lipinski definition) is 2. The number of nitrogens with zero attached hydrogens (tertiary/aromatic N) is 1. The Morgan fingerprint density at radius 3 is 2.25 bits per heavy atom. The highest BCUT2D eigenvalue weighted by Crippen LogP contribution is 2.08. The lowest BCUT2D eigenvalue weighted by Gasteiger charge is -1.79. The minimum absolute atomic E-state index is 0.419. The van der Waals surface area contributed by atoms with Gasteiger partial charge in [0.25, 0.3) is 0 Å². The molecule has 2 nitrogen and oxygen atoms in total. The van der Waals surface area contributed by atoms with Gasteiger partial charge in [-0.05, 0) is 13.8 Å². The van der Waals surface area contributed by atoms with E-state index in [9.17, 15) is 0 Å². The van der Waals surface area contributed by atoms with Crippen molar-refractivity contribution in [2.75, 3.05) is 0 Å². The minimum Gasteiger partial charge on any atom is -0.361 e. The van der Waals surface area contributed by atoms with Gasteiger partial charge >= 0.3 is 0 Å². The van der Waals surface area contributed by atoms with E-state index in [0.29, 0.717) is 5.76 Å². The van der Waals surface area contributed by atoms with Crippen molar-refractivity contribution in [2.45, 2.75) is 13.8 Å². The highest BCUT2D eigenvalue weighted by Gasteiger charge is 2.00. The van der Waals surface area contributed by atoms with Crippen LogP contribution in [0, 0.1) is 20.8 Å². The van der Waals surface area contributed by atoms with Gasteiger partial charge in [-0.1, -0.05) is 5.16 Å². The van der Waals surface area contributed by atoms with E-state index >= 15 is 0 Å². The Morgan fingerprint density at radius 2 is 2.12 bits per heavy atom. The molecular formula is C6H7NO. The second kappa shape index (κ2) is 1.62. The fraction of sp³-hybridized carbons (Fsp3) is 0.333. The summed E-state index contributed by atoms with van der Waals surface area (Å²) in [5.74, 6) is 0.419. The van der Waals surface area contributed by atoms with E-state index in [0.717, 1.165) is 11.3 Å². The Morgan fingerprint density at radius 1 is 1.50 bits per heavy atom. The molecule has 0 fully saturated rings. The molecule has 1 rings (SSSR count). The molecule has 0 saturated carbocycles. The summed E-state index contributed by atoms with van der Waals surface area (Å²) in [5, 5.41) is 3.62. The summed E-state index contributed by atoms with van der Waals surface area (Å²) in [5.41, 5.74) is 1.80. The highest BCUT2D eigenvalue weighted by molar-refractivity contribution is 5.21. The van der Waals surface area contributed by atoms with Gasteiger partial charge in [-0.3, -0.25) is 0 Å². The maximum atomic E-state index is 5.31. The van der Waals surface area contributed by atoms with Gasteiger partial charge in [0.15, 0.2) is 0 Å². The molecule has 0 aromatic carbocycles. The Labute approximate surface area is 48.5 Å². The van der Waals surface area contributed by atoms with E-state index < -0.39 is 0 Å². The quantitative estimate of drug-likeness (QED) is 0.502. The molecule has 0 aliphatic carbocycles. The molecule has 0 amide bonds. The van der Waals surface area contributed by atoms with Crippen molar-refractivity contribution in [3.05, 3.63) is 23.9 Å². The number of hydrogen-bond donors (Lipinski definition) is 0. The first kappa shape index (κ1) is 5.35. The molecule has 0 bridgehead atoms. The summed E-state index contributed by atoms with van der Waals surface area (Å²) in [6.45, 7) is 9.04. The molecule has 1 aromatic rings. The molecule has 2 radical (unpaired) electrons. The van der Waals surface area contributed by atoms with Crippen LogP contribution >= 0.6 is 0 Å². The fourth-order valence-corrected chi connectivity index (χ4v) is 0.433. The number of aromatic nitrogens is 1. The lowest BCUT2D eigenvalue weighted by Crippen LogP contribution is -1.73. The Hall–Kier alpha value is -0.790. The molecule has 2 heteroatoms. The van der Waals surface area contributed by atoms with Crippen molar-refractivity contribution < 1.29 is 4.52 Å². The lowest BCUT2D eigenvalue weighted by atomic mass is 10.2. The average Bonchev–Trinajstić information content (AvgIpc) is 1.98. The predicted molar refractivity (Wildman–Crippen MR) is 29.4 cm³/mol. The first-order valence-electron chi connectivity index (χ1n) is 2.40. The average molecular weight is 109 g/mol. The zero-order valence-corrected chi connectivity index (χ0v) is 4.93. The van der Waals surface area contributed by atoms with Crippen LogP contribution in [-0.2, 0) is 0 Å². The smallest absolute Gasteiger partial charge is 0.144 e. The van der Waals surface area contributed by atoms with Gasteiger partial charge in [0.1, 0.15) is 5.76 Å². The van der Waals surface area contributed by atoms with E-state index in [1.165, 1.54) is 0 Å². The molecule has 0 unspecified atom stereocenters. The normalized spacial score (nSPS) is 9.88. The first-order valence-corrected chi connectivity index (χ1v) is 2.40. The largest absolute Gasteiger partial charge is 0.361 e. The van der Waals surface area contributed by atoms with Crippen molar-refractivity contribution in [3.63, 3.8) is 0 Å². The van der Waals surface area contributed by atoms with Crippen LogP contribution in [0.25, 0.3) is 0 Å². The van der Waals surface area contributed by atoms with Crippen molar-refractivity contribution in [3.8, 4) is 0 Å². The van der Waals surface area contributed by atoms with Crippen molar-refractivity contribution in [2.24, 2.45) is 0 Å². The van der Waals surface area contributed by atoms with Crippen LogP contribution in [0.4, 0.5) is 0 Å². The van der Waals surface area contributed by atoms with Crippen molar-refractivity contribution >= 4 is 0 Å². The second-order valence-corrected chi connectivity index (χ2v) is 1.76. The molecule has 0 aliphatic rings. The fourth-order valence-electron chi connectivity index (χ4n) is 0.433. The SMILES string of the molecule is [CH]c1onc(C)c1C. The van der Waals surface area contributed by atoms with Crippen LogP contribution in [0.15, 0.2) is 4.52 Å². The molecule has 1 aromatic heterocycles. The minimum atomic E-state index is 0.419. The third-order valence-electron chi connectivity index (χ3n) is 1.19. The predicted octanol–water partition coefficient (Wildman–Crippen LogP) is 1.35. The topological polar surface area (TPSA) is 26.0 Å². The maximum absolute atomic E-state index is 5.31.